The van der Waals surface area contributed by atoms with Gasteiger partial charge in [-0.3, -0.25) is 9.59 Å². The monoisotopic (exact) mass is 456 g/mol. The zero-order chi connectivity index (χ0) is 23.8. The molecule has 170 valence electrons. The summed E-state index contributed by atoms with van der Waals surface area (Å²) >= 11 is 0. The van der Waals surface area contributed by atoms with E-state index in [-0.39, 0.29) is 17.2 Å². The lowest BCUT2D eigenvalue weighted by atomic mass is 10.0. The van der Waals surface area contributed by atoms with Crippen LogP contribution in [0.1, 0.15) is 26.5 Å². The molecule has 0 fully saturated rings. The third-order valence-corrected chi connectivity index (χ3v) is 5.75. The number of carbonyl (C=O) groups excluding carboxylic acids is 3. The van der Waals surface area contributed by atoms with Gasteiger partial charge in [0.15, 0.2) is 6.04 Å². The van der Waals surface area contributed by atoms with Gasteiger partial charge in [-0.2, -0.15) is 0 Å². The van der Waals surface area contributed by atoms with Gasteiger partial charge < -0.3 is 25.1 Å². The molecule has 1 atom stereocenters. The zero-order valence-electron chi connectivity index (χ0n) is 18.1. The first kappa shape index (κ1) is 21.4. The lowest BCUT2D eigenvalue weighted by molar-refractivity contribution is -0.143. The van der Waals surface area contributed by atoms with E-state index < -0.39 is 24.5 Å². The number of methoxy groups -OCH3 is 1. The Hall–Kier alpha value is -4.50. The molecule has 0 aliphatic rings. The number of rotatable bonds is 6. The summed E-state index contributed by atoms with van der Waals surface area (Å²) in [6, 6.07) is 15.2. The van der Waals surface area contributed by atoms with Crippen LogP contribution in [0.4, 0.5) is 0 Å². The van der Waals surface area contributed by atoms with Gasteiger partial charge in [0.25, 0.3) is 5.91 Å². The smallest absolute Gasteiger partial charge is 0.330 e. The number of nitrogens with one attached hydrogen (secondary N) is 3. The van der Waals surface area contributed by atoms with E-state index in [0.29, 0.717) is 16.5 Å². The molecule has 3 aromatic heterocycles. The zero-order valence-corrected chi connectivity index (χ0v) is 18.1. The first-order chi connectivity index (χ1) is 16.5. The van der Waals surface area contributed by atoms with E-state index in [0.717, 1.165) is 28.9 Å². The number of benzene rings is 2. The number of aliphatic hydroxyl groups is 1. The Bertz CT molecular complexity index is 1580. The van der Waals surface area contributed by atoms with Crippen LogP contribution < -0.4 is 5.32 Å². The van der Waals surface area contributed by atoms with E-state index in [1.807, 2.05) is 48.5 Å². The van der Waals surface area contributed by atoms with Crippen LogP contribution in [-0.2, 0) is 9.53 Å². The molecule has 0 radical (unpaired) electrons. The van der Waals surface area contributed by atoms with E-state index in [1.165, 1.54) is 0 Å². The molecule has 0 aliphatic heterocycles. The maximum atomic E-state index is 13.7. The van der Waals surface area contributed by atoms with E-state index in [1.54, 1.807) is 12.3 Å². The average Bonchev–Trinajstić information content (AvgIpc) is 3.47. The summed E-state index contributed by atoms with van der Waals surface area (Å²) in [6.45, 7) is -0.644. The number of amides is 1. The molecule has 0 aliphatic carbocycles. The van der Waals surface area contributed by atoms with Crippen LogP contribution in [-0.4, -0.2) is 57.5 Å². The second-order valence-corrected chi connectivity index (χ2v) is 7.76. The highest BCUT2D eigenvalue weighted by molar-refractivity contribution is 6.23. The van der Waals surface area contributed by atoms with Gasteiger partial charge in [0.2, 0.25) is 5.78 Å². The largest absolute Gasteiger partial charge is 0.467 e. The van der Waals surface area contributed by atoms with Gasteiger partial charge in [-0.15, -0.1) is 0 Å². The van der Waals surface area contributed by atoms with Gasteiger partial charge in [-0.25, -0.2) is 9.78 Å². The normalized spacial score (nSPS) is 12.2. The molecule has 0 saturated carbocycles. The highest BCUT2D eigenvalue weighted by atomic mass is 16.5. The minimum atomic E-state index is -1.26. The molecule has 2 aromatic carbocycles. The van der Waals surface area contributed by atoms with Gasteiger partial charge in [0.05, 0.1) is 19.2 Å². The van der Waals surface area contributed by atoms with Crippen LogP contribution in [0, 0.1) is 0 Å². The van der Waals surface area contributed by atoms with Crippen LogP contribution in [0.3, 0.4) is 0 Å². The Kier molecular flexibility index (Phi) is 5.31. The molecule has 5 rings (SSSR count). The Balaban J connectivity index is 1.68. The van der Waals surface area contributed by atoms with Crippen molar-refractivity contribution in [2.75, 3.05) is 13.7 Å². The summed E-state index contributed by atoms with van der Waals surface area (Å²) in [5, 5.41) is 14.1. The summed E-state index contributed by atoms with van der Waals surface area (Å²) in [4.78, 5) is 49.2. The molecule has 0 spiro atoms. The van der Waals surface area contributed by atoms with Gasteiger partial charge in [0, 0.05) is 39.0 Å². The number of aromatic nitrogens is 3. The Morgan fingerprint density at radius 2 is 1.74 bits per heavy atom. The fourth-order valence-electron chi connectivity index (χ4n) is 4.07. The van der Waals surface area contributed by atoms with E-state index in [9.17, 15) is 19.5 Å². The average molecular weight is 456 g/mol. The standard InChI is InChI=1S/C25H20N4O5/c1-34-25(33)20(12-30)29-24(32)19-10-15-13-6-3-5-9-18(13)27-21(15)22(28-19)23(31)16-11-26-17-8-4-2-7-14(16)17/h2-11,20,26-27,30H,12H2,1H3,(H,29,32). The van der Waals surface area contributed by atoms with Crippen LogP contribution in [0.15, 0.2) is 60.8 Å². The van der Waals surface area contributed by atoms with Gasteiger partial charge >= 0.3 is 5.97 Å². The quantitative estimate of drug-likeness (QED) is 0.229. The maximum Gasteiger partial charge on any atom is 0.330 e. The minimum absolute atomic E-state index is 0.0669. The number of hydrogen-bond acceptors (Lipinski definition) is 6. The van der Waals surface area contributed by atoms with Crippen molar-refractivity contribution in [3.8, 4) is 0 Å². The third-order valence-electron chi connectivity index (χ3n) is 5.75. The predicted octanol–water partition coefficient (Wildman–Crippen LogP) is 2.69. The molecule has 34 heavy (non-hydrogen) atoms. The molecule has 4 N–H and O–H groups in total. The van der Waals surface area contributed by atoms with Crippen LogP contribution in [0.2, 0.25) is 0 Å². The number of esters is 1. The molecule has 3 heterocycles. The Labute approximate surface area is 192 Å². The van der Waals surface area contributed by atoms with Crippen molar-refractivity contribution in [3.05, 3.63) is 77.7 Å². The van der Waals surface area contributed by atoms with Crippen LogP contribution in [0.25, 0.3) is 32.7 Å². The summed E-state index contributed by atoms with van der Waals surface area (Å²) in [5.74, 6) is -1.88. The number of aromatic amines is 2. The maximum absolute atomic E-state index is 13.7. The number of para-hydroxylation sites is 2. The van der Waals surface area contributed by atoms with Crippen molar-refractivity contribution in [1.29, 1.82) is 0 Å². The molecule has 5 aromatic rings. The molecule has 0 bridgehead atoms. The van der Waals surface area contributed by atoms with E-state index >= 15 is 0 Å². The van der Waals surface area contributed by atoms with Crippen molar-refractivity contribution in [1.82, 2.24) is 20.3 Å². The van der Waals surface area contributed by atoms with Crippen LogP contribution >= 0.6 is 0 Å². The first-order valence-electron chi connectivity index (χ1n) is 10.5. The number of H-pyrrole nitrogens is 2. The van der Waals surface area contributed by atoms with Crippen molar-refractivity contribution in [3.63, 3.8) is 0 Å². The second-order valence-electron chi connectivity index (χ2n) is 7.76. The molecule has 0 saturated heterocycles. The number of hydrogen-bond donors (Lipinski definition) is 4. The predicted molar refractivity (Wildman–Crippen MR) is 126 cm³/mol. The Morgan fingerprint density at radius 1 is 1.03 bits per heavy atom. The highest BCUT2D eigenvalue weighted by Crippen LogP contribution is 2.30. The summed E-state index contributed by atoms with van der Waals surface area (Å²) in [7, 11) is 1.16. The first-order valence-corrected chi connectivity index (χ1v) is 10.5. The summed E-state index contributed by atoms with van der Waals surface area (Å²) in [5.41, 5.74) is 2.51. The molecule has 9 nitrogen and oxygen atoms in total. The minimum Gasteiger partial charge on any atom is -0.467 e. The number of ether oxygens (including phenoxy) is 1. The lowest BCUT2D eigenvalue weighted by Gasteiger charge is -2.14. The number of ketones is 1. The van der Waals surface area contributed by atoms with E-state index in [4.69, 9.17) is 0 Å². The fraction of sp³-hybridized carbons (Fsp3) is 0.120. The molecular weight excluding hydrogens is 436 g/mol. The number of aliphatic hydroxyl groups excluding tert-OH is 1. The van der Waals surface area contributed by atoms with Crippen molar-refractivity contribution in [2.45, 2.75) is 6.04 Å². The second kappa shape index (κ2) is 8.45. The van der Waals surface area contributed by atoms with Crippen molar-refractivity contribution < 1.29 is 24.2 Å². The highest BCUT2D eigenvalue weighted by Gasteiger charge is 2.26. The van der Waals surface area contributed by atoms with Gasteiger partial charge in [0.1, 0.15) is 11.4 Å². The molecule has 1 amide bonds. The summed E-state index contributed by atoms with van der Waals surface area (Å²) < 4.78 is 4.61. The summed E-state index contributed by atoms with van der Waals surface area (Å²) in [6.07, 6.45) is 1.62. The van der Waals surface area contributed by atoms with Gasteiger partial charge in [-0.1, -0.05) is 36.4 Å². The van der Waals surface area contributed by atoms with Crippen molar-refractivity contribution in [2.24, 2.45) is 0 Å². The van der Waals surface area contributed by atoms with Gasteiger partial charge in [-0.05, 0) is 18.2 Å². The SMILES string of the molecule is COC(=O)C(CO)NC(=O)c1cc2c([nH]c3ccccc32)c(C(=O)c2c[nH]c3ccccc23)n1. The topological polar surface area (TPSA) is 137 Å². The van der Waals surface area contributed by atoms with Crippen molar-refractivity contribution >= 4 is 50.4 Å². The Morgan fingerprint density at radius 3 is 2.47 bits per heavy atom. The third kappa shape index (κ3) is 3.48. The molecule has 1 unspecified atom stereocenters. The number of carbonyl (C=O) groups is 3. The number of pyridine rings is 1. The van der Waals surface area contributed by atoms with Crippen LogP contribution in [0.5, 0.6) is 0 Å². The molecule has 9 heteroatoms. The molecular formula is C25H20N4O5. The lowest BCUT2D eigenvalue weighted by Crippen LogP contribution is -2.44. The fourth-order valence-corrected chi connectivity index (χ4v) is 4.07. The number of fused-ring (bicyclic) bond motifs is 4. The number of nitrogens with zero attached hydrogens (tertiary/aromatic N) is 1. The van der Waals surface area contributed by atoms with E-state index in [2.05, 4.69) is 25.0 Å².